The molecule has 0 amide bonds. The first-order valence-electron chi connectivity index (χ1n) is 6.54. The molecular weight excluding hydrogens is 278 g/mol. The van der Waals surface area contributed by atoms with E-state index in [4.69, 9.17) is 10.5 Å². The van der Waals surface area contributed by atoms with E-state index in [9.17, 15) is 8.42 Å². The van der Waals surface area contributed by atoms with Gasteiger partial charge < -0.3 is 15.4 Å². The Morgan fingerprint density at radius 2 is 2.15 bits per heavy atom. The highest BCUT2D eigenvalue weighted by Crippen LogP contribution is 2.28. The number of likely N-dealkylation sites (N-methyl/N-ethyl adjacent to an activating group) is 1. The third-order valence-corrected chi connectivity index (χ3v) is 5.28. The second-order valence-corrected chi connectivity index (χ2v) is 6.83. The fourth-order valence-corrected chi connectivity index (χ4v) is 3.37. The van der Waals surface area contributed by atoms with Crippen LogP contribution in [-0.2, 0) is 14.8 Å². The van der Waals surface area contributed by atoms with E-state index in [0.717, 1.165) is 18.7 Å². The number of hydrogen-bond acceptors (Lipinski definition) is 5. The number of rotatable bonds is 4. The average molecular weight is 299 g/mol. The molecule has 1 aromatic rings. The maximum Gasteiger partial charge on any atom is 0.242 e. The van der Waals surface area contributed by atoms with Crippen molar-refractivity contribution in [2.24, 2.45) is 0 Å². The summed E-state index contributed by atoms with van der Waals surface area (Å²) >= 11 is 0. The summed E-state index contributed by atoms with van der Waals surface area (Å²) in [4.78, 5) is 2.19. The van der Waals surface area contributed by atoms with Gasteiger partial charge in [-0.1, -0.05) is 0 Å². The maximum absolute atomic E-state index is 11.8. The van der Waals surface area contributed by atoms with Crippen molar-refractivity contribution in [3.05, 3.63) is 18.2 Å². The van der Waals surface area contributed by atoms with Crippen LogP contribution in [0.25, 0.3) is 0 Å². The van der Waals surface area contributed by atoms with Crippen LogP contribution in [0.3, 0.4) is 0 Å². The minimum atomic E-state index is -3.52. The predicted molar refractivity (Wildman–Crippen MR) is 79.3 cm³/mol. The molecule has 0 saturated carbocycles. The SMILES string of the molecule is CNS(=O)(=O)c1ccc(N(C)C2CCOC2C)cc1N. The fourth-order valence-electron chi connectivity index (χ4n) is 2.53. The van der Waals surface area contributed by atoms with Gasteiger partial charge in [0.15, 0.2) is 0 Å². The minimum absolute atomic E-state index is 0.105. The molecule has 6 nitrogen and oxygen atoms in total. The standard InChI is InChI=1S/C13H21N3O3S/c1-9-12(6-7-19-9)16(3)10-4-5-13(11(14)8-10)20(17,18)15-2/h4-5,8-9,12,15H,6-7,14H2,1-3H3. The molecule has 2 rings (SSSR count). The number of nitrogens with zero attached hydrogens (tertiary/aromatic N) is 1. The summed E-state index contributed by atoms with van der Waals surface area (Å²) in [6.07, 6.45) is 1.11. The molecule has 1 fully saturated rings. The molecule has 1 heterocycles. The van der Waals surface area contributed by atoms with Crippen molar-refractivity contribution < 1.29 is 13.2 Å². The third-order valence-electron chi connectivity index (χ3n) is 3.79. The zero-order chi connectivity index (χ0) is 14.9. The van der Waals surface area contributed by atoms with E-state index in [1.54, 1.807) is 12.1 Å². The van der Waals surface area contributed by atoms with Gasteiger partial charge in [0.1, 0.15) is 4.90 Å². The molecule has 0 aliphatic carbocycles. The van der Waals surface area contributed by atoms with Crippen molar-refractivity contribution in [1.82, 2.24) is 4.72 Å². The van der Waals surface area contributed by atoms with Crippen molar-refractivity contribution in [2.75, 3.05) is 31.3 Å². The summed E-state index contributed by atoms with van der Waals surface area (Å²) in [5, 5.41) is 0. The van der Waals surface area contributed by atoms with Gasteiger partial charge in [0.2, 0.25) is 10.0 Å². The van der Waals surface area contributed by atoms with E-state index in [2.05, 4.69) is 9.62 Å². The normalized spacial score (nSPS) is 22.9. The Balaban J connectivity index is 2.29. The lowest BCUT2D eigenvalue weighted by Gasteiger charge is -2.29. The molecule has 7 heteroatoms. The predicted octanol–water partition coefficient (Wildman–Crippen LogP) is 0.790. The number of anilines is 2. The van der Waals surface area contributed by atoms with E-state index in [0.29, 0.717) is 0 Å². The Morgan fingerprint density at radius 3 is 2.65 bits per heavy atom. The van der Waals surface area contributed by atoms with E-state index in [1.807, 2.05) is 14.0 Å². The van der Waals surface area contributed by atoms with Gasteiger partial charge >= 0.3 is 0 Å². The van der Waals surface area contributed by atoms with Gasteiger partial charge in [-0.3, -0.25) is 0 Å². The molecular formula is C13H21N3O3S. The van der Waals surface area contributed by atoms with E-state index < -0.39 is 10.0 Å². The number of nitrogens with two attached hydrogens (primary N) is 1. The quantitative estimate of drug-likeness (QED) is 0.803. The zero-order valence-electron chi connectivity index (χ0n) is 12.0. The number of nitrogen functional groups attached to an aromatic ring is 1. The Hall–Kier alpha value is -1.31. The fraction of sp³-hybridized carbons (Fsp3) is 0.538. The molecule has 0 bridgehead atoms. The van der Waals surface area contributed by atoms with Gasteiger partial charge in [-0.2, -0.15) is 0 Å². The first kappa shape index (κ1) is 15.1. The van der Waals surface area contributed by atoms with Crippen molar-refractivity contribution in [3.8, 4) is 0 Å². The number of ether oxygens (including phenoxy) is 1. The van der Waals surface area contributed by atoms with Gasteiger partial charge in [-0.15, -0.1) is 0 Å². The summed E-state index contributed by atoms with van der Waals surface area (Å²) in [6.45, 7) is 2.79. The van der Waals surface area contributed by atoms with Crippen LogP contribution >= 0.6 is 0 Å². The van der Waals surface area contributed by atoms with Crippen molar-refractivity contribution in [2.45, 2.75) is 30.4 Å². The minimum Gasteiger partial charge on any atom is -0.398 e. The van der Waals surface area contributed by atoms with E-state index >= 15 is 0 Å². The molecule has 1 aliphatic rings. The molecule has 112 valence electrons. The van der Waals surface area contributed by atoms with Crippen molar-refractivity contribution >= 4 is 21.4 Å². The Labute approximate surface area is 120 Å². The molecule has 2 unspecified atom stereocenters. The maximum atomic E-state index is 11.8. The Morgan fingerprint density at radius 1 is 1.45 bits per heavy atom. The molecule has 3 N–H and O–H groups in total. The largest absolute Gasteiger partial charge is 0.398 e. The van der Waals surface area contributed by atoms with Crippen molar-refractivity contribution in [1.29, 1.82) is 0 Å². The third kappa shape index (κ3) is 2.74. The summed E-state index contributed by atoms with van der Waals surface area (Å²) in [6, 6.07) is 5.27. The van der Waals surface area contributed by atoms with Crippen LogP contribution in [0.4, 0.5) is 11.4 Å². The van der Waals surface area contributed by atoms with Crippen LogP contribution in [0.1, 0.15) is 13.3 Å². The van der Waals surface area contributed by atoms with E-state index in [-0.39, 0.29) is 22.7 Å². The van der Waals surface area contributed by atoms with Gasteiger partial charge in [0.25, 0.3) is 0 Å². The Kier molecular flexibility index (Phi) is 4.22. The zero-order valence-corrected chi connectivity index (χ0v) is 12.8. The van der Waals surface area contributed by atoms with Gasteiger partial charge in [0.05, 0.1) is 17.8 Å². The van der Waals surface area contributed by atoms with Crippen LogP contribution in [0.5, 0.6) is 0 Å². The van der Waals surface area contributed by atoms with Gasteiger partial charge in [0, 0.05) is 19.3 Å². The number of nitrogens with one attached hydrogen (secondary N) is 1. The molecule has 20 heavy (non-hydrogen) atoms. The summed E-state index contributed by atoms with van der Waals surface area (Å²) < 4.78 is 31.4. The van der Waals surface area contributed by atoms with Crippen LogP contribution in [0.2, 0.25) is 0 Å². The molecule has 0 aromatic heterocycles. The lowest BCUT2D eigenvalue weighted by atomic mass is 10.1. The topological polar surface area (TPSA) is 84.7 Å². The first-order valence-corrected chi connectivity index (χ1v) is 8.02. The molecule has 1 aliphatic heterocycles. The highest BCUT2D eigenvalue weighted by Gasteiger charge is 2.28. The second-order valence-electron chi connectivity index (χ2n) is 4.97. The van der Waals surface area contributed by atoms with Crippen LogP contribution in [0.15, 0.2) is 23.1 Å². The summed E-state index contributed by atoms with van der Waals surface area (Å²) in [7, 11) is -0.183. The lowest BCUT2D eigenvalue weighted by Crippen LogP contribution is -2.36. The smallest absolute Gasteiger partial charge is 0.242 e. The monoisotopic (exact) mass is 299 g/mol. The van der Waals surface area contributed by atoms with E-state index in [1.165, 1.54) is 13.1 Å². The highest BCUT2D eigenvalue weighted by molar-refractivity contribution is 7.89. The average Bonchev–Trinajstić information content (AvgIpc) is 2.83. The molecule has 1 saturated heterocycles. The molecule has 1 aromatic carbocycles. The lowest BCUT2D eigenvalue weighted by molar-refractivity contribution is 0.118. The van der Waals surface area contributed by atoms with Crippen molar-refractivity contribution in [3.63, 3.8) is 0 Å². The number of hydrogen-bond donors (Lipinski definition) is 2. The molecule has 0 spiro atoms. The number of sulfonamides is 1. The first-order chi connectivity index (χ1) is 9.36. The Bertz CT molecular complexity index is 589. The summed E-state index contributed by atoms with van der Waals surface area (Å²) in [5.74, 6) is 0. The highest BCUT2D eigenvalue weighted by atomic mass is 32.2. The van der Waals surface area contributed by atoms with Gasteiger partial charge in [-0.25, -0.2) is 13.1 Å². The second kappa shape index (κ2) is 5.59. The summed E-state index contributed by atoms with van der Waals surface area (Å²) in [5.41, 5.74) is 7.01. The molecule has 2 atom stereocenters. The van der Waals surface area contributed by atoms with Crippen LogP contribution in [-0.4, -0.2) is 41.3 Å². The van der Waals surface area contributed by atoms with Crippen LogP contribution < -0.4 is 15.4 Å². The molecule has 0 radical (unpaired) electrons. The van der Waals surface area contributed by atoms with Gasteiger partial charge in [-0.05, 0) is 38.6 Å². The number of benzene rings is 1. The van der Waals surface area contributed by atoms with Crippen LogP contribution in [0, 0.1) is 0 Å².